The van der Waals surface area contributed by atoms with Crippen LogP contribution in [0.25, 0.3) is 0 Å². The van der Waals surface area contributed by atoms with E-state index in [1.807, 2.05) is 0 Å². The minimum absolute atomic E-state index is 0.269. The zero-order valence-corrected chi connectivity index (χ0v) is 11.1. The predicted molar refractivity (Wildman–Crippen MR) is 69.4 cm³/mol. The number of nitrogens with zero attached hydrogens (tertiary/aromatic N) is 1. The lowest BCUT2D eigenvalue weighted by Crippen LogP contribution is -1.97. The van der Waals surface area contributed by atoms with Gasteiger partial charge in [0.25, 0.3) is 0 Å². The molecule has 0 bridgehead atoms. The predicted octanol–water partition coefficient (Wildman–Crippen LogP) is 3.37. The maximum Gasteiger partial charge on any atom is 0.240 e. The number of rotatable bonds is 3. The Kier molecular flexibility index (Phi) is 3.66. The van der Waals surface area contributed by atoms with Crippen molar-refractivity contribution in [1.82, 2.24) is 4.98 Å². The van der Waals surface area contributed by atoms with E-state index in [9.17, 15) is 4.39 Å². The summed E-state index contributed by atoms with van der Waals surface area (Å²) in [7, 11) is 1.46. The molecule has 1 aromatic heterocycles. The van der Waals surface area contributed by atoms with E-state index in [0.717, 1.165) is 0 Å². The summed E-state index contributed by atoms with van der Waals surface area (Å²) in [6.07, 6.45) is 0. The van der Waals surface area contributed by atoms with E-state index in [1.54, 1.807) is 24.3 Å². The summed E-state index contributed by atoms with van der Waals surface area (Å²) in [4.78, 5) is 4.03. The number of pyridine rings is 1. The molecule has 0 saturated heterocycles. The van der Waals surface area contributed by atoms with Gasteiger partial charge in [0.15, 0.2) is 0 Å². The van der Waals surface area contributed by atoms with Crippen molar-refractivity contribution in [2.45, 2.75) is 0 Å². The molecule has 0 atom stereocenters. The maximum atomic E-state index is 13.3. The molecule has 0 amide bonds. The highest BCUT2D eigenvalue weighted by atomic mass is 79.9. The first-order valence-corrected chi connectivity index (χ1v) is 5.83. The average Bonchev–Trinajstić information content (AvgIpc) is 2.36. The van der Waals surface area contributed by atoms with Crippen LogP contribution in [-0.4, -0.2) is 12.1 Å². The van der Waals surface area contributed by atoms with Gasteiger partial charge in [-0.05, 0) is 34.1 Å². The summed E-state index contributed by atoms with van der Waals surface area (Å²) in [6.45, 7) is 0. The topological polar surface area (TPSA) is 57.4 Å². The van der Waals surface area contributed by atoms with Gasteiger partial charge in [-0.25, -0.2) is 4.39 Å². The van der Waals surface area contributed by atoms with Crippen molar-refractivity contribution < 1.29 is 13.9 Å². The van der Waals surface area contributed by atoms with Gasteiger partial charge in [0.05, 0.1) is 17.3 Å². The van der Waals surface area contributed by atoms with Gasteiger partial charge in [-0.3, -0.25) is 0 Å². The SMILES string of the molecule is COc1nc(Oc2ccc(Br)c(F)c2)ccc1N. The van der Waals surface area contributed by atoms with Crippen molar-refractivity contribution in [3.8, 4) is 17.5 Å². The minimum Gasteiger partial charge on any atom is -0.479 e. The van der Waals surface area contributed by atoms with Gasteiger partial charge in [0.2, 0.25) is 11.8 Å². The van der Waals surface area contributed by atoms with Crippen LogP contribution in [0.4, 0.5) is 10.1 Å². The number of nitrogens with two attached hydrogens (primary N) is 1. The lowest BCUT2D eigenvalue weighted by molar-refractivity contribution is 0.385. The number of hydrogen-bond donors (Lipinski definition) is 1. The highest BCUT2D eigenvalue weighted by molar-refractivity contribution is 9.10. The van der Waals surface area contributed by atoms with Gasteiger partial charge in [-0.2, -0.15) is 4.98 Å². The van der Waals surface area contributed by atoms with Crippen molar-refractivity contribution in [2.24, 2.45) is 0 Å². The fourth-order valence-electron chi connectivity index (χ4n) is 1.32. The number of ether oxygens (including phenoxy) is 2. The molecule has 2 rings (SSSR count). The van der Waals surface area contributed by atoms with E-state index in [0.29, 0.717) is 15.9 Å². The van der Waals surface area contributed by atoms with Crippen molar-refractivity contribution in [3.05, 3.63) is 40.6 Å². The van der Waals surface area contributed by atoms with E-state index in [-0.39, 0.29) is 11.8 Å². The molecule has 2 N–H and O–H groups in total. The van der Waals surface area contributed by atoms with E-state index in [2.05, 4.69) is 20.9 Å². The Balaban J connectivity index is 2.25. The average molecular weight is 313 g/mol. The van der Waals surface area contributed by atoms with Gasteiger partial charge in [-0.15, -0.1) is 0 Å². The number of anilines is 1. The van der Waals surface area contributed by atoms with Crippen LogP contribution in [0, 0.1) is 5.82 Å². The molecule has 1 aromatic carbocycles. The van der Waals surface area contributed by atoms with E-state index in [1.165, 1.54) is 13.2 Å². The molecular weight excluding hydrogens is 303 g/mol. The van der Waals surface area contributed by atoms with Crippen molar-refractivity contribution in [3.63, 3.8) is 0 Å². The standard InChI is InChI=1S/C12H10BrFN2O2/c1-17-12-10(15)4-5-11(16-12)18-7-2-3-8(13)9(14)6-7/h2-6H,15H2,1H3. The van der Waals surface area contributed by atoms with Crippen LogP contribution < -0.4 is 15.2 Å². The molecule has 0 aliphatic carbocycles. The highest BCUT2D eigenvalue weighted by Crippen LogP contribution is 2.27. The minimum atomic E-state index is -0.407. The second-order valence-corrected chi connectivity index (χ2v) is 4.28. The number of benzene rings is 1. The Morgan fingerprint density at radius 3 is 2.72 bits per heavy atom. The fraction of sp³-hybridized carbons (Fsp3) is 0.0833. The molecule has 18 heavy (non-hydrogen) atoms. The Bertz CT molecular complexity index is 578. The Hall–Kier alpha value is -1.82. The molecule has 6 heteroatoms. The number of nitrogen functional groups attached to an aromatic ring is 1. The van der Waals surface area contributed by atoms with Crippen LogP contribution >= 0.6 is 15.9 Å². The molecule has 0 radical (unpaired) electrons. The third-order valence-corrected chi connectivity index (χ3v) is 2.81. The van der Waals surface area contributed by atoms with E-state index >= 15 is 0 Å². The van der Waals surface area contributed by atoms with Crippen LogP contribution in [0.2, 0.25) is 0 Å². The van der Waals surface area contributed by atoms with Crippen molar-refractivity contribution in [1.29, 1.82) is 0 Å². The first-order chi connectivity index (χ1) is 8.60. The largest absolute Gasteiger partial charge is 0.479 e. The highest BCUT2D eigenvalue weighted by Gasteiger charge is 2.06. The van der Waals surface area contributed by atoms with Gasteiger partial charge in [0.1, 0.15) is 11.6 Å². The lowest BCUT2D eigenvalue weighted by atomic mass is 10.3. The maximum absolute atomic E-state index is 13.3. The molecule has 0 fully saturated rings. The molecule has 0 aliphatic heterocycles. The monoisotopic (exact) mass is 312 g/mol. The van der Waals surface area contributed by atoms with Gasteiger partial charge >= 0.3 is 0 Å². The number of aromatic nitrogens is 1. The first-order valence-electron chi connectivity index (χ1n) is 5.03. The second-order valence-electron chi connectivity index (χ2n) is 3.43. The number of hydrogen-bond acceptors (Lipinski definition) is 4. The molecule has 0 unspecified atom stereocenters. The molecule has 0 spiro atoms. The summed E-state index contributed by atoms with van der Waals surface area (Å²) in [5.41, 5.74) is 6.04. The van der Waals surface area contributed by atoms with Crippen molar-refractivity contribution >= 4 is 21.6 Å². The summed E-state index contributed by atoms with van der Waals surface area (Å²) < 4.78 is 24.0. The lowest BCUT2D eigenvalue weighted by Gasteiger charge is -2.08. The van der Waals surface area contributed by atoms with Crippen LogP contribution in [0.3, 0.4) is 0 Å². The molecule has 0 aliphatic rings. The van der Waals surface area contributed by atoms with Gasteiger partial charge in [-0.1, -0.05) is 0 Å². The van der Waals surface area contributed by atoms with Crippen molar-refractivity contribution in [2.75, 3.05) is 12.8 Å². The normalized spacial score (nSPS) is 10.2. The molecule has 94 valence electrons. The van der Waals surface area contributed by atoms with Gasteiger partial charge in [0, 0.05) is 12.1 Å². The van der Waals surface area contributed by atoms with E-state index in [4.69, 9.17) is 15.2 Å². The quantitative estimate of drug-likeness (QED) is 0.944. The van der Waals surface area contributed by atoms with Gasteiger partial charge < -0.3 is 15.2 Å². The molecule has 4 nitrogen and oxygen atoms in total. The fourth-order valence-corrected chi connectivity index (χ4v) is 1.56. The second kappa shape index (κ2) is 5.22. The Labute approximate surface area is 112 Å². The number of halogens is 2. The Morgan fingerprint density at radius 2 is 2.06 bits per heavy atom. The summed E-state index contributed by atoms with van der Waals surface area (Å²) in [5.74, 6) is 0.484. The summed E-state index contributed by atoms with van der Waals surface area (Å²) >= 11 is 3.06. The summed E-state index contributed by atoms with van der Waals surface area (Å²) in [5, 5.41) is 0. The molecular formula is C12H10BrFN2O2. The summed E-state index contributed by atoms with van der Waals surface area (Å²) in [6, 6.07) is 7.62. The van der Waals surface area contributed by atoms with Crippen LogP contribution in [0.1, 0.15) is 0 Å². The smallest absolute Gasteiger partial charge is 0.240 e. The van der Waals surface area contributed by atoms with Crippen LogP contribution in [0.5, 0.6) is 17.5 Å². The third-order valence-electron chi connectivity index (χ3n) is 2.17. The van der Waals surface area contributed by atoms with E-state index < -0.39 is 5.82 Å². The Morgan fingerprint density at radius 1 is 1.28 bits per heavy atom. The van der Waals surface area contributed by atoms with Crippen LogP contribution in [-0.2, 0) is 0 Å². The van der Waals surface area contributed by atoms with Crippen LogP contribution in [0.15, 0.2) is 34.8 Å². The first kappa shape index (κ1) is 12.6. The molecule has 0 saturated carbocycles. The third kappa shape index (κ3) is 2.70. The zero-order chi connectivity index (χ0) is 13.1. The molecule has 2 aromatic rings. The zero-order valence-electron chi connectivity index (χ0n) is 9.48. The number of methoxy groups -OCH3 is 1. The molecule has 1 heterocycles.